The van der Waals surface area contributed by atoms with E-state index in [4.69, 9.17) is 0 Å². The van der Waals surface area contributed by atoms with Gasteiger partial charge in [0.2, 0.25) is 11.8 Å². The summed E-state index contributed by atoms with van der Waals surface area (Å²) >= 11 is 0. The molecule has 2 aromatic rings. The zero-order chi connectivity index (χ0) is 20.5. The predicted octanol–water partition coefficient (Wildman–Crippen LogP) is 2.66. The van der Waals surface area contributed by atoms with Crippen LogP contribution in [0.3, 0.4) is 0 Å². The molecule has 1 unspecified atom stereocenters. The van der Waals surface area contributed by atoms with Crippen LogP contribution in [0.5, 0.6) is 5.88 Å². The van der Waals surface area contributed by atoms with E-state index in [0.29, 0.717) is 0 Å². The summed E-state index contributed by atoms with van der Waals surface area (Å²) in [5.41, 5.74) is 0.142. The second-order valence-corrected chi connectivity index (χ2v) is 6.19. The quantitative estimate of drug-likeness (QED) is 0.765. The van der Waals surface area contributed by atoms with Gasteiger partial charge in [0.1, 0.15) is 0 Å². The van der Waals surface area contributed by atoms with E-state index in [1.807, 2.05) is 0 Å². The van der Waals surface area contributed by atoms with Crippen molar-refractivity contribution in [2.24, 2.45) is 11.0 Å². The summed E-state index contributed by atoms with van der Waals surface area (Å²) < 4.78 is 27.7. The molecule has 2 N–H and O–H groups in total. The van der Waals surface area contributed by atoms with Gasteiger partial charge in [0.05, 0.1) is 18.1 Å². The van der Waals surface area contributed by atoms with Gasteiger partial charge in [-0.1, -0.05) is 19.1 Å². The number of anilines is 2. The molecule has 1 aromatic heterocycles. The second-order valence-electron chi connectivity index (χ2n) is 6.19. The molecule has 1 aliphatic heterocycles. The van der Waals surface area contributed by atoms with Crippen molar-refractivity contribution in [1.82, 2.24) is 9.97 Å². The molecule has 8 nitrogen and oxygen atoms in total. The van der Waals surface area contributed by atoms with Gasteiger partial charge in [0.15, 0.2) is 11.7 Å². The number of aromatic hydroxyl groups is 1. The van der Waals surface area contributed by atoms with E-state index in [1.54, 1.807) is 0 Å². The van der Waals surface area contributed by atoms with Gasteiger partial charge in [-0.2, -0.15) is 10.1 Å². The third-order valence-corrected chi connectivity index (χ3v) is 4.23. The monoisotopic (exact) mass is 389 g/mol. The molecule has 0 spiro atoms. The van der Waals surface area contributed by atoms with E-state index in [0.717, 1.165) is 17.4 Å². The topological polar surface area (TPSA) is 108 Å². The van der Waals surface area contributed by atoms with E-state index in [9.17, 15) is 23.5 Å². The van der Waals surface area contributed by atoms with Crippen LogP contribution in [0.25, 0.3) is 0 Å². The van der Waals surface area contributed by atoms with Crippen molar-refractivity contribution in [2.45, 2.75) is 26.2 Å². The van der Waals surface area contributed by atoms with Gasteiger partial charge in [-0.3, -0.25) is 9.59 Å². The Morgan fingerprint density at radius 1 is 1.32 bits per heavy atom. The van der Waals surface area contributed by atoms with Crippen molar-refractivity contribution in [3.63, 3.8) is 0 Å². The molecule has 1 aromatic carbocycles. The Hall–Kier alpha value is -3.43. The summed E-state index contributed by atoms with van der Waals surface area (Å²) in [7, 11) is 0. The molecule has 0 saturated carbocycles. The average Bonchev–Trinajstić information content (AvgIpc) is 2.97. The van der Waals surface area contributed by atoms with Crippen molar-refractivity contribution < 1.29 is 23.5 Å². The maximum absolute atomic E-state index is 13.9. The molecular formula is C18H17F2N5O3. The number of hydrogen-bond donors (Lipinski definition) is 2. The Morgan fingerprint density at radius 3 is 2.71 bits per heavy atom. The van der Waals surface area contributed by atoms with Crippen LogP contribution in [0.4, 0.5) is 20.3 Å². The third kappa shape index (κ3) is 3.66. The molecule has 1 atom stereocenters. The molecule has 0 radical (unpaired) electrons. The molecular weight excluding hydrogens is 372 g/mol. The van der Waals surface area contributed by atoms with Crippen LogP contribution in [0.15, 0.2) is 41.8 Å². The highest BCUT2D eigenvalue weighted by Crippen LogP contribution is 2.32. The van der Waals surface area contributed by atoms with Crippen LogP contribution in [-0.2, 0) is 15.5 Å². The predicted molar refractivity (Wildman–Crippen MR) is 97.0 cm³/mol. The van der Waals surface area contributed by atoms with Gasteiger partial charge in [-0.25, -0.2) is 18.7 Å². The number of halogens is 2. The molecule has 0 fully saturated rings. The smallest absolute Gasteiger partial charge is 0.273 e. The number of carbonyl (C=O) groups excluding carboxylic acids is 2. The number of nitrogens with one attached hydrogen (secondary N) is 1. The fourth-order valence-corrected chi connectivity index (χ4v) is 2.70. The number of nitrogens with zero attached hydrogens (tertiary/aromatic N) is 4. The minimum atomic E-state index is -3.02. The van der Waals surface area contributed by atoms with Gasteiger partial charge in [-0.15, -0.1) is 0 Å². The largest absolute Gasteiger partial charge is 0.492 e. The molecule has 2 amide bonds. The summed E-state index contributed by atoms with van der Waals surface area (Å²) in [6, 6.07) is 5.32. The van der Waals surface area contributed by atoms with Crippen LogP contribution in [0.2, 0.25) is 0 Å². The van der Waals surface area contributed by atoms with Crippen LogP contribution in [-0.4, -0.2) is 32.6 Å². The lowest BCUT2D eigenvalue weighted by Crippen LogP contribution is -2.36. The second kappa shape index (κ2) is 7.29. The number of carbonyl (C=O) groups is 2. The molecule has 2 heterocycles. The van der Waals surface area contributed by atoms with E-state index >= 15 is 0 Å². The molecule has 0 saturated heterocycles. The lowest BCUT2D eigenvalue weighted by atomic mass is 10.0. The standard InChI is InChI=1S/C18H17F2N5O3/c1-3-18(19,20)11-5-4-6-12(7-11)23-16(27)15-10(2)24-25(17(15)28)13-8-22-14(26)9-21-13/h4-9,15H,3H2,1-2H3,(H,22,26)(H,23,27). The van der Waals surface area contributed by atoms with Crippen molar-refractivity contribution in [3.05, 3.63) is 42.2 Å². The number of aromatic nitrogens is 2. The van der Waals surface area contributed by atoms with Gasteiger partial charge >= 0.3 is 0 Å². The molecule has 10 heteroatoms. The zero-order valence-corrected chi connectivity index (χ0v) is 15.1. The summed E-state index contributed by atoms with van der Waals surface area (Å²) in [5.74, 6) is -5.89. The van der Waals surface area contributed by atoms with E-state index in [-0.39, 0.29) is 35.1 Å². The van der Waals surface area contributed by atoms with Crippen LogP contribution < -0.4 is 10.3 Å². The van der Waals surface area contributed by atoms with Crippen molar-refractivity contribution >= 4 is 29.0 Å². The Labute approximate surface area is 158 Å². The van der Waals surface area contributed by atoms with E-state index < -0.39 is 23.7 Å². The van der Waals surface area contributed by atoms with Crippen LogP contribution in [0.1, 0.15) is 25.8 Å². The maximum atomic E-state index is 13.9. The highest BCUT2D eigenvalue weighted by atomic mass is 19.3. The first-order valence-electron chi connectivity index (χ1n) is 8.42. The minimum Gasteiger partial charge on any atom is -0.492 e. The van der Waals surface area contributed by atoms with Crippen molar-refractivity contribution in [3.8, 4) is 5.88 Å². The Kier molecular flexibility index (Phi) is 5.04. The van der Waals surface area contributed by atoms with Crippen molar-refractivity contribution in [2.75, 3.05) is 10.3 Å². The molecule has 3 rings (SSSR count). The van der Waals surface area contributed by atoms with Gasteiger partial charge in [0, 0.05) is 17.7 Å². The Balaban J connectivity index is 1.78. The Morgan fingerprint density at radius 2 is 2.07 bits per heavy atom. The highest BCUT2D eigenvalue weighted by molar-refractivity contribution is 6.28. The molecule has 0 bridgehead atoms. The number of alkyl halides is 2. The first-order chi connectivity index (χ1) is 13.2. The summed E-state index contributed by atoms with van der Waals surface area (Å²) in [5, 5.41) is 16.6. The number of benzene rings is 1. The maximum Gasteiger partial charge on any atom is 0.273 e. The third-order valence-electron chi connectivity index (χ3n) is 4.23. The zero-order valence-electron chi connectivity index (χ0n) is 15.1. The molecule has 146 valence electrons. The number of hydrogen-bond acceptors (Lipinski definition) is 6. The SMILES string of the molecule is CCC(F)(F)c1cccc(NC(=O)C2C(=O)N(c3cnc(O)cn3)N=C2C)c1. The number of hydrazone groups is 1. The fraction of sp³-hybridized carbons (Fsp3) is 0.278. The first-order valence-corrected chi connectivity index (χ1v) is 8.42. The van der Waals surface area contributed by atoms with Crippen molar-refractivity contribution in [1.29, 1.82) is 0 Å². The van der Waals surface area contributed by atoms with E-state index in [1.165, 1.54) is 38.1 Å². The van der Waals surface area contributed by atoms with Crippen LogP contribution in [0, 0.1) is 5.92 Å². The lowest BCUT2D eigenvalue weighted by Gasteiger charge is -2.16. The van der Waals surface area contributed by atoms with Crippen LogP contribution >= 0.6 is 0 Å². The van der Waals surface area contributed by atoms with Gasteiger partial charge < -0.3 is 10.4 Å². The molecule has 1 aliphatic rings. The molecule has 0 aliphatic carbocycles. The first kappa shape index (κ1) is 19.3. The Bertz CT molecular complexity index is 946. The number of amides is 2. The summed E-state index contributed by atoms with van der Waals surface area (Å²) in [6.07, 6.45) is 1.81. The van der Waals surface area contributed by atoms with Gasteiger partial charge in [-0.05, 0) is 19.1 Å². The highest BCUT2D eigenvalue weighted by Gasteiger charge is 2.40. The molecule has 28 heavy (non-hydrogen) atoms. The number of rotatable bonds is 5. The normalized spacial score (nSPS) is 16.9. The minimum absolute atomic E-state index is 0.0436. The summed E-state index contributed by atoms with van der Waals surface area (Å²) in [4.78, 5) is 32.7. The van der Waals surface area contributed by atoms with Gasteiger partial charge in [0.25, 0.3) is 11.8 Å². The fourth-order valence-electron chi connectivity index (χ4n) is 2.70. The lowest BCUT2D eigenvalue weighted by molar-refractivity contribution is -0.127. The summed E-state index contributed by atoms with van der Waals surface area (Å²) in [6.45, 7) is 2.86. The van der Waals surface area contributed by atoms with E-state index in [2.05, 4.69) is 20.4 Å². The average molecular weight is 389 g/mol.